The van der Waals surface area contributed by atoms with Gasteiger partial charge in [-0.3, -0.25) is 0 Å². The molecule has 2 N–H and O–H groups in total. The van der Waals surface area contributed by atoms with E-state index in [2.05, 4.69) is 15.6 Å². The molecule has 134 valence electrons. The molecule has 1 fully saturated rings. The van der Waals surface area contributed by atoms with Crippen LogP contribution >= 0.6 is 0 Å². The predicted octanol–water partition coefficient (Wildman–Crippen LogP) is 2.32. The summed E-state index contributed by atoms with van der Waals surface area (Å²) in [7, 11) is 0. The number of aliphatic imine (C=N–C) groups is 1. The molecule has 0 aromatic heterocycles. The van der Waals surface area contributed by atoms with Crippen molar-refractivity contribution in [3.63, 3.8) is 0 Å². The topological polar surface area (TPSA) is 54.9 Å². The van der Waals surface area contributed by atoms with Crippen molar-refractivity contribution in [1.82, 2.24) is 10.6 Å². The van der Waals surface area contributed by atoms with Gasteiger partial charge in [0.15, 0.2) is 5.96 Å². The smallest absolute Gasteiger partial charge is 0.191 e. The molecule has 0 aliphatic carbocycles. The zero-order valence-corrected chi connectivity index (χ0v) is 14.4. The van der Waals surface area contributed by atoms with Crippen LogP contribution in [0.15, 0.2) is 29.3 Å². The zero-order valence-electron chi connectivity index (χ0n) is 14.4. The van der Waals surface area contributed by atoms with Crippen LogP contribution in [0.25, 0.3) is 0 Å². The van der Waals surface area contributed by atoms with E-state index in [0.29, 0.717) is 24.0 Å². The maximum Gasteiger partial charge on any atom is 0.191 e. The summed E-state index contributed by atoms with van der Waals surface area (Å²) >= 11 is 0. The van der Waals surface area contributed by atoms with Crippen LogP contribution in [0.5, 0.6) is 0 Å². The number of halogens is 1. The van der Waals surface area contributed by atoms with E-state index < -0.39 is 0 Å². The maximum atomic E-state index is 13.6. The molecule has 1 aliphatic rings. The first-order chi connectivity index (χ1) is 11.8. The van der Waals surface area contributed by atoms with Crippen molar-refractivity contribution < 1.29 is 13.9 Å². The van der Waals surface area contributed by atoms with Gasteiger partial charge in [0.2, 0.25) is 0 Å². The summed E-state index contributed by atoms with van der Waals surface area (Å²) in [5.41, 5.74) is 0.594. The van der Waals surface area contributed by atoms with Crippen LogP contribution in [0.4, 0.5) is 4.39 Å². The van der Waals surface area contributed by atoms with Gasteiger partial charge in [0.1, 0.15) is 5.82 Å². The van der Waals surface area contributed by atoms with Gasteiger partial charge in [-0.05, 0) is 25.8 Å². The second-order valence-electron chi connectivity index (χ2n) is 5.87. The number of rotatable bonds is 9. The van der Waals surface area contributed by atoms with E-state index in [9.17, 15) is 4.39 Å². The summed E-state index contributed by atoms with van der Waals surface area (Å²) in [6.45, 7) is 7.04. The lowest BCUT2D eigenvalue weighted by Crippen LogP contribution is -2.38. The van der Waals surface area contributed by atoms with Crippen LogP contribution in [0, 0.1) is 11.7 Å². The molecule has 1 heterocycles. The quantitative estimate of drug-likeness (QED) is 0.412. The van der Waals surface area contributed by atoms with E-state index in [0.717, 1.165) is 52.4 Å². The van der Waals surface area contributed by atoms with Crippen LogP contribution in [0.1, 0.15) is 25.3 Å². The maximum absolute atomic E-state index is 13.6. The van der Waals surface area contributed by atoms with Crippen molar-refractivity contribution in [2.45, 2.75) is 26.3 Å². The van der Waals surface area contributed by atoms with Gasteiger partial charge in [-0.25, -0.2) is 9.38 Å². The molecule has 0 amide bonds. The average Bonchev–Trinajstić information content (AvgIpc) is 3.10. The third kappa shape index (κ3) is 6.84. The predicted molar refractivity (Wildman–Crippen MR) is 93.6 cm³/mol. The molecule has 5 nitrogen and oxygen atoms in total. The second-order valence-corrected chi connectivity index (χ2v) is 5.87. The Morgan fingerprint density at radius 3 is 3.00 bits per heavy atom. The Hall–Kier alpha value is -1.66. The summed E-state index contributed by atoms with van der Waals surface area (Å²) in [6.07, 6.45) is 2.00. The minimum absolute atomic E-state index is 0.221. The molecule has 1 atom stereocenters. The third-order valence-electron chi connectivity index (χ3n) is 3.85. The number of hydrogen-bond acceptors (Lipinski definition) is 3. The van der Waals surface area contributed by atoms with Gasteiger partial charge in [-0.15, -0.1) is 0 Å². The Balaban J connectivity index is 1.64. The van der Waals surface area contributed by atoms with E-state index in [1.165, 1.54) is 6.07 Å². The minimum atomic E-state index is -0.221. The molecular formula is C18H28FN3O2. The van der Waals surface area contributed by atoms with Gasteiger partial charge in [-0.1, -0.05) is 18.2 Å². The van der Waals surface area contributed by atoms with Crippen LogP contribution in [0.2, 0.25) is 0 Å². The van der Waals surface area contributed by atoms with Gasteiger partial charge in [0.05, 0.1) is 19.8 Å². The summed E-state index contributed by atoms with van der Waals surface area (Å²) in [5.74, 6) is 1.03. The Bertz CT molecular complexity index is 505. The van der Waals surface area contributed by atoms with Gasteiger partial charge >= 0.3 is 0 Å². The van der Waals surface area contributed by atoms with E-state index in [1.54, 1.807) is 12.1 Å². The van der Waals surface area contributed by atoms with Crippen molar-refractivity contribution >= 4 is 5.96 Å². The highest BCUT2D eigenvalue weighted by Crippen LogP contribution is 2.12. The summed E-state index contributed by atoms with van der Waals surface area (Å²) in [4.78, 5) is 4.42. The Morgan fingerprint density at radius 1 is 1.38 bits per heavy atom. The van der Waals surface area contributed by atoms with E-state index >= 15 is 0 Å². The molecule has 24 heavy (non-hydrogen) atoms. The number of guanidine groups is 1. The van der Waals surface area contributed by atoms with Gasteiger partial charge < -0.3 is 20.1 Å². The highest BCUT2D eigenvalue weighted by molar-refractivity contribution is 5.79. The molecular weight excluding hydrogens is 309 g/mol. The van der Waals surface area contributed by atoms with Gasteiger partial charge in [0.25, 0.3) is 0 Å². The van der Waals surface area contributed by atoms with Crippen molar-refractivity contribution in [2.75, 3.05) is 39.5 Å². The van der Waals surface area contributed by atoms with E-state index in [1.807, 2.05) is 13.0 Å². The Morgan fingerprint density at radius 2 is 2.25 bits per heavy atom. The molecule has 1 aromatic rings. The van der Waals surface area contributed by atoms with Crippen LogP contribution in [-0.2, 0) is 16.0 Å². The van der Waals surface area contributed by atoms with Crippen LogP contribution in [-0.4, -0.2) is 45.5 Å². The average molecular weight is 337 g/mol. The standard InChI is InChI=1S/C18H28FN3O2/c1-2-20-18(22-12-16-6-3-4-7-17(16)19)21-9-5-10-23-13-15-8-11-24-14-15/h3-4,6-7,15H,2,5,8-14H2,1H3,(H2,20,21,22). The molecule has 0 saturated carbocycles. The van der Waals surface area contributed by atoms with Crippen LogP contribution in [0.3, 0.4) is 0 Å². The number of benzene rings is 1. The first-order valence-electron chi connectivity index (χ1n) is 8.70. The molecule has 1 unspecified atom stereocenters. The summed E-state index contributed by atoms with van der Waals surface area (Å²) in [5, 5.41) is 6.42. The van der Waals surface area contributed by atoms with E-state index in [-0.39, 0.29) is 5.82 Å². The molecule has 1 aromatic carbocycles. The highest BCUT2D eigenvalue weighted by Gasteiger charge is 2.15. The van der Waals surface area contributed by atoms with Crippen molar-refractivity contribution in [3.05, 3.63) is 35.6 Å². The number of nitrogens with one attached hydrogen (secondary N) is 2. The molecule has 1 aliphatic heterocycles. The minimum Gasteiger partial charge on any atom is -0.381 e. The van der Waals surface area contributed by atoms with Crippen LogP contribution < -0.4 is 10.6 Å². The van der Waals surface area contributed by atoms with Crippen molar-refractivity contribution in [3.8, 4) is 0 Å². The lowest BCUT2D eigenvalue weighted by Gasteiger charge is -2.12. The summed E-state index contributed by atoms with van der Waals surface area (Å²) in [6, 6.07) is 6.71. The Labute approximate surface area is 143 Å². The molecule has 1 saturated heterocycles. The number of hydrogen-bond donors (Lipinski definition) is 2. The van der Waals surface area contributed by atoms with Gasteiger partial charge in [-0.2, -0.15) is 0 Å². The summed E-state index contributed by atoms with van der Waals surface area (Å²) < 4.78 is 24.6. The number of nitrogens with zero attached hydrogens (tertiary/aromatic N) is 1. The largest absolute Gasteiger partial charge is 0.381 e. The molecule has 0 radical (unpaired) electrons. The van der Waals surface area contributed by atoms with E-state index in [4.69, 9.17) is 9.47 Å². The first-order valence-corrected chi connectivity index (χ1v) is 8.70. The normalized spacial score (nSPS) is 17.9. The first kappa shape index (κ1) is 18.7. The third-order valence-corrected chi connectivity index (χ3v) is 3.85. The second kappa shape index (κ2) is 11.0. The fourth-order valence-corrected chi connectivity index (χ4v) is 2.48. The molecule has 0 spiro atoms. The lowest BCUT2D eigenvalue weighted by molar-refractivity contribution is 0.0888. The molecule has 2 rings (SSSR count). The monoisotopic (exact) mass is 337 g/mol. The zero-order chi connectivity index (χ0) is 17.0. The fraction of sp³-hybridized carbons (Fsp3) is 0.611. The lowest BCUT2D eigenvalue weighted by atomic mass is 10.1. The van der Waals surface area contributed by atoms with Gasteiger partial charge in [0, 0.05) is 37.8 Å². The Kier molecular flexibility index (Phi) is 8.55. The number of ether oxygens (including phenoxy) is 2. The SMILES string of the molecule is CCNC(=NCc1ccccc1F)NCCCOCC1CCOC1. The van der Waals surface area contributed by atoms with Crippen molar-refractivity contribution in [1.29, 1.82) is 0 Å². The molecule has 6 heteroatoms. The highest BCUT2D eigenvalue weighted by atomic mass is 19.1. The fourth-order valence-electron chi connectivity index (χ4n) is 2.48. The molecule has 0 bridgehead atoms. The van der Waals surface area contributed by atoms with Crippen molar-refractivity contribution in [2.24, 2.45) is 10.9 Å².